The Labute approximate surface area is 146 Å². The topological polar surface area (TPSA) is 80.0 Å². The molecule has 2 amide bonds. The van der Waals surface area contributed by atoms with Crippen molar-refractivity contribution in [2.24, 2.45) is 0 Å². The monoisotopic (exact) mass is 338 g/mol. The molecule has 0 aliphatic rings. The summed E-state index contributed by atoms with van der Waals surface area (Å²) in [4.78, 5) is 16.6. The molecule has 25 heavy (non-hydrogen) atoms. The van der Waals surface area contributed by atoms with E-state index in [9.17, 15) is 4.79 Å². The molecular formula is C19H22N4O2. The lowest BCUT2D eigenvalue weighted by atomic mass is 10.0. The van der Waals surface area contributed by atoms with E-state index in [1.54, 1.807) is 6.20 Å². The highest BCUT2D eigenvalue weighted by atomic mass is 16.5. The summed E-state index contributed by atoms with van der Waals surface area (Å²) in [5.74, 6) is 0.742. The summed E-state index contributed by atoms with van der Waals surface area (Å²) in [6.45, 7) is 6.22. The van der Waals surface area contributed by atoms with Crippen molar-refractivity contribution in [3.63, 3.8) is 0 Å². The molecule has 0 spiro atoms. The molecule has 0 fully saturated rings. The van der Waals surface area contributed by atoms with Gasteiger partial charge in [0.05, 0.1) is 17.3 Å². The molecule has 6 heteroatoms. The van der Waals surface area contributed by atoms with Crippen LogP contribution in [0.5, 0.6) is 0 Å². The summed E-state index contributed by atoms with van der Waals surface area (Å²) in [7, 11) is 0. The number of carbonyl (C=O) groups is 1. The summed E-state index contributed by atoms with van der Waals surface area (Å²) in [5.41, 5.74) is 3.74. The Morgan fingerprint density at radius 1 is 1.28 bits per heavy atom. The molecule has 2 heterocycles. The maximum Gasteiger partial charge on any atom is 0.315 e. The number of rotatable bonds is 5. The second kappa shape index (κ2) is 7.34. The van der Waals surface area contributed by atoms with Crippen LogP contribution in [0, 0.1) is 13.8 Å². The summed E-state index contributed by atoms with van der Waals surface area (Å²) in [6.07, 6.45) is 2.53. The van der Waals surface area contributed by atoms with E-state index in [4.69, 9.17) is 4.52 Å². The van der Waals surface area contributed by atoms with Crippen LogP contribution in [0.1, 0.15) is 42.0 Å². The third-order valence-corrected chi connectivity index (χ3v) is 4.27. The third kappa shape index (κ3) is 3.79. The average molecular weight is 338 g/mol. The molecule has 130 valence electrons. The predicted molar refractivity (Wildman–Crippen MR) is 96.1 cm³/mol. The standard InChI is InChI=1S/C19H22N4O2/c1-4-16(18-12(2)23-25-13(18)3)22-19(24)21-11-14-7-8-17-15(10-14)6-5-9-20-17/h5-10,16H,4,11H2,1-3H3,(H2,21,22,24). The van der Waals surface area contributed by atoms with Gasteiger partial charge < -0.3 is 15.2 Å². The van der Waals surface area contributed by atoms with Crippen LogP contribution < -0.4 is 10.6 Å². The molecule has 0 saturated carbocycles. The Morgan fingerprint density at radius 2 is 2.12 bits per heavy atom. The fraction of sp³-hybridized carbons (Fsp3) is 0.316. The van der Waals surface area contributed by atoms with E-state index >= 15 is 0 Å². The quantitative estimate of drug-likeness (QED) is 0.742. The van der Waals surface area contributed by atoms with Gasteiger partial charge in [0.25, 0.3) is 0 Å². The number of hydrogen-bond acceptors (Lipinski definition) is 4. The van der Waals surface area contributed by atoms with E-state index in [0.717, 1.165) is 39.9 Å². The van der Waals surface area contributed by atoms with Gasteiger partial charge in [0, 0.05) is 23.7 Å². The van der Waals surface area contributed by atoms with Crippen LogP contribution in [0.2, 0.25) is 0 Å². The van der Waals surface area contributed by atoms with E-state index < -0.39 is 0 Å². The van der Waals surface area contributed by atoms with E-state index in [1.165, 1.54) is 0 Å². The van der Waals surface area contributed by atoms with Crippen LogP contribution in [-0.2, 0) is 6.54 Å². The average Bonchev–Trinajstić information content (AvgIpc) is 2.96. The van der Waals surface area contributed by atoms with Gasteiger partial charge in [0.1, 0.15) is 5.76 Å². The SMILES string of the molecule is CCC(NC(=O)NCc1ccc2ncccc2c1)c1c(C)noc1C. The third-order valence-electron chi connectivity index (χ3n) is 4.27. The van der Waals surface area contributed by atoms with E-state index in [1.807, 2.05) is 51.1 Å². The van der Waals surface area contributed by atoms with Crippen molar-refractivity contribution in [3.8, 4) is 0 Å². The van der Waals surface area contributed by atoms with Gasteiger partial charge in [-0.1, -0.05) is 24.2 Å². The maximum absolute atomic E-state index is 12.3. The molecule has 0 saturated heterocycles. The highest BCUT2D eigenvalue weighted by Gasteiger charge is 2.20. The lowest BCUT2D eigenvalue weighted by molar-refractivity contribution is 0.236. The summed E-state index contributed by atoms with van der Waals surface area (Å²) in [5, 5.41) is 10.9. The fourth-order valence-electron chi connectivity index (χ4n) is 2.99. The van der Waals surface area contributed by atoms with Crippen molar-refractivity contribution in [3.05, 3.63) is 59.1 Å². The number of aromatic nitrogens is 2. The zero-order valence-electron chi connectivity index (χ0n) is 14.7. The van der Waals surface area contributed by atoms with Gasteiger partial charge in [-0.3, -0.25) is 4.98 Å². The minimum absolute atomic E-state index is 0.118. The van der Waals surface area contributed by atoms with Gasteiger partial charge in [-0.25, -0.2) is 4.79 Å². The number of urea groups is 1. The molecule has 6 nitrogen and oxygen atoms in total. The highest BCUT2D eigenvalue weighted by Crippen LogP contribution is 2.23. The van der Waals surface area contributed by atoms with E-state index in [0.29, 0.717) is 6.54 Å². The molecule has 3 aromatic rings. The Kier molecular flexibility index (Phi) is 4.97. The number of nitrogens with one attached hydrogen (secondary N) is 2. The van der Waals surface area contributed by atoms with E-state index in [2.05, 4.69) is 20.8 Å². The minimum atomic E-state index is -0.210. The summed E-state index contributed by atoms with van der Waals surface area (Å²) >= 11 is 0. The number of amides is 2. The van der Waals surface area contributed by atoms with Crippen LogP contribution in [0.4, 0.5) is 4.79 Å². The summed E-state index contributed by atoms with van der Waals surface area (Å²) < 4.78 is 5.20. The molecule has 2 aromatic heterocycles. The first kappa shape index (κ1) is 17.0. The minimum Gasteiger partial charge on any atom is -0.361 e. The first-order valence-corrected chi connectivity index (χ1v) is 8.39. The van der Waals surface area contributed by atoms with E-state index in [-0.39, 0.29) is 12.1 Å². The number of carbonyl (C=O) groups excluding carboxylic acids is 1. The van der Waals surface area contributed by atoms with Gasteiger partial charge in [-0.05, 0) is 44.0 Å². The largest absolute Gasteiger partial charge is 0.361 e. The number of fused-ring (bicyclic) bond motifs is 1. The van der Waals surface area contributed by atoms with Crippen LogP contribution in [-0.4, -0.2) is 16.2 Å². The molecule has 0 radical (unpaired) electrons. The predicted octanol–water partition coefficient (Wildman–Crippen LogP) is 3.79. The van der Waals surface area contributed by atoms with Crippen molar-refractivity contribution >= 4 is 16.9 Å². The Hall–Kier alpha value is -2.89. The van der Waals surface area contributed by atoms with Crippen LogP contribution in [0.3, 0.4) is 0 Å². The molecule has 0 bridgehead atoms. The van der Waals surface area contributed by atoms with Gasteiger partial charge >= 0.3 is 6.03 Å². The Bertz CT molecular complexity index is 869. The molecule has 3 rings (SSSR count). The van der Waals surface area contributed by atoms with Crippen molar-refractivity contribution in [2.45, 2.75) is 39.8 Å². The second-order valence-corrected chi connectivity index (χ2v) is 6.06. The molecule has 0 aliphatic carbocycles. The van der Waals surface area contributed by atoms with Gasteiger partial charge in [-0.2, -0.15) is 0 Å². The molecule has 1 aromatic carbocycles. The Balaban J connectivity index is 1.63. The second-order valence-electron chi connectivity index (χ2n) is 6.06. The van der Waals surface area contributed by atoms with Crippen molar-refractivity contribution in [1.29, 1.82) is 0 Å². The van der Waals surface area contributed by atoms with Gasteiger partial charge in [0.15, 0.2) is 0 Å². The number of pyridine rings is 1. The number of nitrogens with zero attached hydrogens (tertiary/aromatic N) is 2. The molecule has 0 aliphatic heterocycles. The van der Waals surface area contributed by atoms with Crippen molar-refractivity contribution < 1.29 is 9.32 Å². The number of aryl methyl sites for hydroxylation is 2. The summed E-state index contributed by atoms with van der Waals surface area (Å²) in [6, 6.07) is 9.56. The fourth-order valence-corrected chi connectivity index (χ4v) is 2.99. The van der Waals surface area contributed by atoms with Crippen molar-refractivity contribution in [1.82, 2.24) is 20.8 Å². The molecular weight excluding hydrogens is 316 g/mol. The lowest BCUT2D eigenvalue weighted by Gasteiger charge is -2.17. The van der Waals surface area contributed by atoms with Crippen molar-refractivity contribution in [2.75, 3.05) is 0 Å². The van der Waals surface area contributed by atoms with Gasteiger partial charge in [-0.15, -0.1) is 0 Å². The first-order valence-electron chi connectivity index (χ1n) is 8.39. The van der Waals surface area contributed by atoms with Crippen LogP contribution >= 0.6 is 0 Å². The maximum atomic E-state index is 12.3. The number of benzene rings is 1. The zero-order valence-corrected chi connectivity index (χ0v) is 14.7. The molecule has 2 N–H and O–H groups in total. The molecule has 1 unspecified atom stereocenters. The zero-order chi connectivity index (χ0) is 17.8. The number of hydrogen-bond donors (Lipinski definition) is 2. The highest BCUT2D eigenvalue weighted by molar-refractivity contribution is 5.79. The van der Waals surface area contributed by atoms with Crippen LogP contribution in [0.25, 0.3) is 10.9 Å². The lowest BCUT2D eigenvalue weighted by Crippen LogP contribution is -2.37. The molecule has 1 atom stereocenters. The van der Waals surface area contributed by atoms with Crippen LogP contribution in [0.15, 0.2) is 41.1 Å². The van der Waals surface area contributed by atoms with Gasteiger partial charge in [0.2, 0.25) is 0 Å². The smallest absolute Gasteiger partial charge is 0.315 e. The first-order chi connectivity index (χ1) is 12.1. The Morgan fingerprint density at radius 3 is 2.84 bits per heavy atom. The normalized spacial score (nSPS) is 12.1.